The Morgan fingerprint density at radius 3 is 2.68 bits per heavy atom. The lowest BCUT2D eigenvalue weighted by molar-refractivity contribution is -0.136. The monoisotopic (exact) mass is 391 g/mol. The minimum Gasteiger partial charge on any atom is -0.466 e. The van der Waals surface area contributed by atoms with Crippen LogP contribution in [0.2, 0.25) is 0 Å². The number of rotatable bonds is 3. The van der Waals surface area contributed by atoms with Crippen molar-refractivity contribution < 1.29 is 9.53 Å². The molecule has 4 rings (SSSR count). The van der Waals surface area contributed by atoms with E-state index >= 15 is 0 Å². The van der Waals surface area contributed by atoms with E-state index in [4.69, 9.17) is 4.74 Å². The summed E-state index contributed by atoms with van der Waals surface area (Å²) in [5, 5.41) is 0. The van der Waals surface area contributed by atoms with Gasteiger partial charge in [0.2, 0.25) is 0 Å². The molecule has 1 unspecified atom stereocenters. The fourth-order valence-corrected chi connectivity index (χ4v) is 4.30. The van der Waals surface area contributed by atoms with Crippen LogP contribution < -0.4 is 14.9 Å². The van der Waals surface area contributed by atoms with Crippen molar-refractivity contribution in [3.8, 4) is 0 Å². The topological polar surface area (TPSA) is 73.6 Å². The molecule has 6 nitrogen and oxygen atoms in total. The summed E-state index contributed by atoms with van der Waals surface area (Å²) in [4.78, 5) is 34.9. The van der Waals surface area contributed by atoms with Crippen LogP contribution in [0.3, 0.4) is 0 Å². The van der Waals surface area contributed by atoms with Gasteiger partial charge >= 0.3 is 5.97 Å². The van der Waals surface area contributed by atoms with Crippen molar-refractivity contribution in [1.82, 2.24) is 9.55 Å². The summed E-state index contributed by atoms with van der Waals surface area (Å²) in [5.41, 5.74) is 2.37. The maximum absolute atomic E-state index is 13.3. The molecule has 1 atom stereocenters. The zero-order valence-corrected chi connectivity index (χ0v) is 16.1. The van der Waals surface area contributed by atoms with E-state index in [1.165, 1.54) is 18.4 Å². The molecule has 0 fully saturated rings. The molecular formula is C21H17N3O3S. The Labute approximate surface area is 164 Å². The molecule has 0 N–H and O–H groups in total. The molecule has 0 bridgehead atoms. The van der Waals surface area contributed by atoms with Crippen molar-refractivity contribution in [1.29, 1.82) is 0 Å². The molecule has 140 valence electrons. The van der Waals surface area contributed by atoms with E-state index in [0.29, 0.717) is 20.6 Å². The molecule has 3 aromatic rings. The van der Waals surface area contributed by atoms with Crippen LogP contribution in [0.25, 0.3) is 6.08 Å². The van der Waals surface area contributed by atoms with E-state index in [0.717, 1.165) is 11.1 Å². The molecule has 0 aliphatic carbocycles. The van der Waals surface area contributed by atoms with Gasteiger partial charge in [-0.05, 0) is 30.2 Å². The summed E-state index contributed by atoms with van der Waals surface area (Å²) in [5.74, 6) is -0.489. The molecule has 7 heteroatoms. The van der Waals surface area contributed by atoms with Crippen molar-refractivity contribution >= 4 is 23.4 Å². The van der Waals surface area contributed by atoms with Crippen LogP contribution in [0, 0.1) is 0 Å². The van der Waals surface area contributed by atoms with Gasteiger partial charge in [0.1, 0.15) is 0 Å². The van der Waals surface area contributed by atoms with E-state index < -0.39 is 12.0 Å². The van der Waals surface area contributed by atoms with E-state index in [2.05, 4.69) is 9.98 Å². The Kier molecular flexibility index (Phi) is 4.75. The Hall–Kier alpha value is -3.32. The molecule has 0 saturated carbocycles. The van der Waals surface area contributed by atoms with Gasteiger partial charge in [-0.2, -0.15) is 0 Å². The summed E-state index contributed by atoms with van der Waals surface area (Å²) in [6.45, 7) is 1.76. The first-order chi connectivity index (χ1) is 13.6. The Morgan fingerprint density at radius 2 is 2.00 bits per heavy atom. The lowest BCUT2D eigenvalue weighted by Gasteiger charge is -2.24. The Morgan fingerprint density at radius 1 is 1.21 bits per heavy atom. The summed E-state index contributed by atoms with van der Waals surface area (Å²) in [6.07, 6.45) is 5.16. The van der Waals surface area contributed by atoms with Gasteiger partial charge in [0.25, 0.3) is 5.56 Å². The molecule has 0 spiro atoms. The number of thiazole rings is 1. The number of carbonyl (C=O) groups is 1. The fourth-order valence-electron chi connectivity index (χ4n) is 3.26. The Bertz CT molecular complexity index is 1240. The number of ether oxygens (including phenoxy) is 1. The lowest BCUT2D eigenvalue weighted by atomic mass is 9.96. The fraction of sp³-hybridized carbons (Fsp3) is 0.143. The number of nitrogens with zero attached hydrogens (tertiary/aromatic N) is 3. The third-order valence-corrected chi connectivity index (χ3v) is 5.51. The van der Waals surface area contributed by atoms with E-state index in [-0.39, 0.29) is 5.56 Å². The average Bonchev–Trinajstić information content (AvgIpc) is 3.02. The lowest BCUT2D eigenvalue weighted by Crippen LogP contribution is -2.39. The van der Waals surface area contributed by atoms with Gasteiger partial charge in [0, 0.05) is 12.4 Å². The maximum atomic E-state index is 13.3. The van der Waals surface area contributed by atoms with Crippen LogP contribution in [0.15, 0.2) is 75.9 Å². The van der Waals surface area contributed by atoms with Crippen LogP contribution in [0.1, 0.15) is 24.1 Å². The number of benzene rings is 1. The molecule has 0 amide bonds. The summed E-state index contributed by atoms with van der Waals surface area (Å²) in [7, 11) is 1.33. The first-order valence-electron chi connectivity index (χ1n) is 8.66. The number of pyridine rings is 1. The second-order valence-electron chi connectivity index (χ2n) is 6.27. The van der Waals surface area contributed by atoms with Crippen molar-refractivity contribution in [2.24, 2.45) is 4.99 Å². The number of carbonyl (C=O) groups excluding carboxylic acids is 1. The molecule has 1 aromatic carbocycles. The summed E-state index contributed by atoms with van der Waals surface area (Å²) < 4.78 is 7.09. The number of fused-ring (bicyclic) bond motifs is 1. The van der Waals surface area contributed by atoms with Crippen LogP contribution >= 0.6 is 11.3 Å². The zero-order chi connectivity index (χ0) is 19.7. The number of aromatic nitrogens is 2. The highest BCUT2D eigenvalue weighted by atomic mass is 32.1. The second kappa shape index (κ2) is 7.36. The first kappa shape index (κ1) is 18.1. The van der Waals surface area contributed by atoms with Crippen LogP contribution in [-0.2, 0) is 9.53 Å². The van der Waals surface area contributed by atoms with Gasteiger partial charge in [0.05, 0.1) is 29.0 Å². The third kappa shape index (κ3) is 3.10. The van der Waals surface area contributed by atoms with Gasteiger partial charge in [-0.3, -0.25) is 14.3 Å². The predicted octanol–water partition coefficient (Wildman–Crippen LogP) is 1.80. The highest BCUT2D eigenvalue weighted by molar-refractivity contribution is 7.07. The molecule has 1 aliphatic heterocycles. The number of esters is 1. The maximum Gasteiger partial charge on any atom is 0.338 e. The second-order valence-corrected chi connectivity index (χ2v) is 7.28. The molecule has 1 aliphatic rings. The van der Waals surface area contributed by atoms with Gasteiger partial charge in [0.15, 0.2) is 4.80 Å². The van der Waals surface area contributed by atoms with Crippen molar-refractivity contribution in [3.63, 3.8) is 0 Å². The quantitative estimate of drug-likeness (QED) is 0.638. The highest BCUT2D eigenvalue weighted by Crippen LogP contribution is 2.30. The third-order valence-electron chi connectivity index (χ3n) is 4.52. The predicted molar refractivity (Wildman–Crippen MR) is 106 cm³/mol. The standard InChI is InChI=1S/C21H17N3O3S/c1-13-17(20(26)27-2)18(15-8-4-3-5-9-15)24-19(25)16(28-21(24)23-13)11-14-7-6-10-22-12-14/h3-12,18H,1-2H3/b16-11-. The molecule has 28 heavy (non-hydrogen) atoms. The molecule has 0 radical (unpaired) electrons. The van der Waals surface area contributed by atoms with Gasteiger partial charge in [-0.25, -0.2) is 9.79 Å². The number of methoxy groups -OCH3 is 1. The van der Waals surface area contributed by atoms with Crippen molar-refractivity contribution in [3.05, 3.63) is 96.9 Å². The first-order valence-corrected chi connectivity index (χ1v) is 9.47. The van der Waals surface area contributed by atoms with E-state index in [1.54, 1.807) is 30.0 Å². The van der Waals surface area contributed by atoms with Crippen LogP contribution in [0.5, 0.6) is 0 Å². The zero-order valence-electron chi connectivity index (χ0n) is 15.3. The van der Waals surface area contributed by atoms with Gasteiger partial charge in [-0.1, -0.05) is 47.7 Å². The molecular weight excluding hydrogens is 374 g/mol. The average molecular weight is 391 g/mol. The minimum absolute atomic E-state index is 0.199. The van der Waals surface area contributed by atoms with Crippen molar-refractivity contribution in [2.45, 2.75) is 13.0 Å². The number of allylic oxidation sites excluding steroid dienone is 1. The normalized spacial score (nSPS) is 16.5. The highest BCUT2D eigenvalue weighted by Gasteiger charge is 2.32. The van der Waals surface area contributed by atoms with Crippen LogP contribution in [0.4, 0.5) is 0 Å². The summed E-state index contributed by atoms with van der Waals surface area (Å²) >= 11 is 1.29. The molecule has 2 aromatic heterocycles. The number of hydrogen-bond donors (Lipinski definition) is 0. The SMILES string of the molecule is COC(=O)C1=C(C)N=c2s/c(=C\c3cccnc3)c(=O)n2C1c1ccccc1. The Balaban J connectivity index is 1.99. The van der Waals surface area contributed by atoms with Crippen LogP contribution in [-0.4, -0.2) is 22.6 Å². The van der Waals surface area contributed by atoms with Gasteiger partial charge in [-0.15, -0.1) is 0 Å². The largest absolute Gasteiger partial charge is 0.466 e. The van der Waals surface area contributed by atoms with E-state index in [9.17, 15) is 9.59 Å². The van der Waals surface area contributed by atoms with Crippen molar-refractivity contribution in [2.75, 3.05) is 7.11 Å². The molecule has 0 saturated heterocycles. The smallest absolute Gasteiger partial charge is 0.338 e. The summed E-state index contributed by atoms with van der Waals surface area (Å²) in [6, 6.07) is 12.6. The molecule has 3 heterocycles. The van der Waals surface area contributed by atoms with E-state index in [1.807, 2.05) is 42.5 Å². The van der Waals surface area contributed by atoms with Gasteiger partial charge < -0.3 is 4.74 Å². The number of hydrogen-bond acceptors (Lipinski definition) is 6. The minimum atomic E-state index is -0.582.